The van der Waals surface area contributed by atoms with E-state index in [1.54, 1.807) is 42.4 Å². The van der Waals surface area contributed by atoms with E-state index in [1.807, 2.05) is 60.1 Å². The molecule has 3 aromatic carbocycles. The van der Waals surface area contributed by atoms with Crippen molar-refractivity contribution in [2.75, 3.05) is 22.1 Å². The zero-order valence-electron chi connectivity index (χ0n) is 24.4. The van der Waals surface area contributed by atoms with E-state index in [-0.39, 0.29) is 43.5 Å². The van der Waals surface area contributed by atoms with E-state index in [1.165, 1.54) is 0 Å². The third kappa shape index (κ3) is 8.44. The molecule has 3 atom stereocenters. The number of amides is 2. The van der Waals surface area contributed by atoms with Crippen molar-refractivity contribution < 1.29 is 24.2 Å². The highest BCUT2D eigenvalue weighted by atomic mass is 32.2. The van der Waals surface area contributed by atoms with Gasteiger partial charge in [-0.15, -0.1) is 10.2 Å². The molecule has 0 unspecified atom stereocenters. The fourth-order valence-corrected chi connectivity index (χ4v) is 5.68. The fraction of sp³-hybridized carbons (Fsp3) is 0.312. The SMILES string of the molecule is Cn1cnnc1SC[C@H]1C[C@@H](c2ccc(CO)cc2)O[C@@H](c2ccc(NC(=O)CCCC(=O)Nc3ccccc3N)cc2)O1. The van der Waals surface area contributed by atoms with Gasteiger partial charge in [-0.1, -0.05) is 60.3 Å². The molecule has 1 fully saturated rings. The van der Waals surface area contributed by atoms with E-state index in [4.69, 9.17) is 15.2 Å². The zero-order valence-corrected chi connectivity index (χ0v) is 25.2. The number of nitrogen functional groups attached to an aromatic ring is 1. The Bertz CT molecular complexity index is 1550. The smallest absolute Gasteiger partial charge is 0.224 e. The van der Waals surface area contributed by atoms with Crippen LogP contribution in [-0.4, -0.2) is 43.5 Å². The second-order valence-corrected chi connectivity index (χ2v) is 11.5. The minimum absolute atomic E-state index is 0.0173. The Kier molecular flexibility index (Phi) is 10.6. The van der Waals surface area contributed by atoms with E-state index < -0.39 is 6.29 Å². The summed E-state index contributed by atoms with van der Waals surface area (Å²) in [5.74, 6) is 0.299. The Hall–Kier alpha value is -4.23. The fourth-order valence-electron chi connectivity index (χ4n) is 4.77. The van der Waals surface area contributed by atoms with Crippen molar-refractivity contribution in [3.8, 4) is 0 Å². The first kappa shape index (κ1) is 31.2. The molecule has 11 nitrogen and oxygen atoms in total. The van der Waals surface area contributed by atoms with Gasteiger partial charge in [0.1, 0.15) is 6.33 Å². The molecule has 0 radical (unpaired) electrons. The Labute approximate surface area is 260 Å². The lowest BCUT2D eigenvalue weighted by Crippen LogP contribution is -2.31. The van der Waals surface area contributed by atoms with Crippen LogP contribution in [0.5, 0.6) is 0 Å². The van der Waals surface area contributed by atoms with Crippen LogP contribution in [0.4, 0.5) is 17.1 Å². The zero-order chi connectivity index (χ0) is 30.9. The Morgan fingerprint density at radius 3 is 2.36 bits per heavy atom. The summed E-state index contributed by atoms with van der Waals surface area (Å²) < 4.78 is 14.7. The van der Waals surface area contributed by atoms with E-state index in [0.717, 1.165) is 21.8 Å². The molecule has 2 heterocycles. The average Bonchev–Trinajstić information content (AvgIpc) is 3.45. The summed E-state index contributed by atoms with van der Waals surface area (Å²) in [6.45, 7) is -0.0173. The molecule has 1 aliphatic heterocycles. The first-order valence-electron chi connectivity index (χ1n) is 14.4. The van der Waals surface area contributed by atoms with Gasteiger partial charge < -0.3 is 35.5 Å². The number of aromatic nitrogens is 3. The third-order valence-corrected chi connectivity index (χ3v) is 8.36. The largest absolute Gasteiger partial charge is 0.397 e. The van der Waals surface area contributed by atoms with E-state index >= 15 is 0 Å². The molecular weight excluding hydrogens is 580 g/mol. The van der Waals surface area contributed by atoms with Crippen LogP contribution in [0.1, 0.15) is 54.8 Å². The molecule has 12 heteroatoms. The number of aliphatic hydroxyl groups is 1. The first-order chi connectivity index (χ1) is 21.4. The highest BCUT2D eigenvalue weighted by molar-refractivity contribution is 7.99. The number of ether oxygens (including phenoxy) is 2. The number of hydrogen-bond acceptors (Lipinski definition) is 9. The monoisotopic (exact) mass is 616 g/mol. The maximum absolute atomic E-state index is 12.5. The van der Waals surface area contributed by atoms with E-state index in [9.17, 15) is 14.7 Å². The van der Waals surface area contributed by atoms with Crippen molar-refractivity contribution in [1.82, 2.24) is 14.8 Å². The number of aryl methyl sites for hydroxylation is 1. The molecule has 0 aliphatic carbocycles. The summed E-state index contributed by atoms with van der Waals surface area (Å²) >= 11 is 1.58. The van der Waals surface area contributed by atoms with Gasteiger partial charge >= 0.3 is 0 Å². The number of para-hydroxylation sites is 2. The standard InChI is InChI=1S/C32H36N6O5S/c1-38-20-34-37-32(38)44-19-25-17-28(22-11-9-21(18-39)10-12-22)43-31(42-25)23-13-15-24(16-14-23)35-29(40)7-4-8-30(41)36-27-6-3-2-5-26(27)33/h2-3,5-6,9-16,20,25,28,31,39H,4,7-8,17-19,33H2,1H3,(H,35,40)(H,36,41)/t25-,28+,31+/m1/s1. The normalized spacial score (nSPS) is 18.1. The summed E-state index contributed by atoms with van der Waals surface area (Å²) in [5, 5.41) is 24.0. The van der Waals surface area contributed by atoms with Crippen LogP contribution in [0.25, 0.3) is 0 Å². The predicted octanol–water partition coefficient (Wildman–Crippen LogP) is 4.97. The van der Waals surface area contributed by atoms with Gasteiger partial charge in [-0.2, -0.15) is 0 Å². The molecule has 0 bridgehead atoms. The number of anilines is 3. The lowest BCUT2D eigenvalue weighted by Gasteiger charge is -2.36. The highest BCUT2D eigenvalue weighted by Gasteiger charge is 2.32. The maximum atomic E-state index is 12.5. The van der Waals surface area contributed by atoms with Crippen molar-refractivity contribution in [3.05, 3.63) is 95.8 Å². The molecule has 4 aromatic rings. The van der Waals surface area contributed by atoms with Crippen LogP contribution in [0.2, 0.25) is 0 Å². The Morgan fingerprint density at radius 1 is 0.977 bits per heavy atom. The molecule has 5 rings (SSSR count). The second-order valence-electron chi connectivity index (χ2n) is 10.5. The number of aliphatic hydroxyl groups excluding tert-OH is 1. The van der Waals surface area contributed by atoms with Crippen LogP contribution < -0.4 is 16.4 Å². The van der Waals surface area contributed by atoms with Gasteiger partial charge in [-0.3, -0.25) is 9.59 Å². The molecule has 0 spiro atoms. The predicted molar refractivity (Wildman–Crippen MR) is 169 cm³/mol. The first-order valence-corrected chi connectivity index (χ1v) is 15.4. The summed E-state index contributed by atoms with van der Waals surface area (Å²) in [5.41, 5.74) is 10.2. The van der Waals surface area contributed by atoms with Crippen LogP contribution in [0, 0.1) is 0 Å². The minimum atomic E-state index is -0.613. The van der Waals surface area contributed by atoms with Crippen LogP contribution in [-0.2, 0) is 32.7 Å². The van der Waals surface area contributed by atoms with Gasteiger partial charge in [0, 0.05) is 43.3 Å². The van der Waals surface area contributed by atoms with Gasteiger partial charge in [0.05, 0.1) is 30.2 Å². The Morgan fingerprint density at radius 2 is 1.68 bits per heavy atom. The number of thioether (sulfide) groups is 1. The van der Waals surface area contributed by atoms with Crippen LogP contribution >= 0.6 is 11.8 Å². The molecule has 1 saturated heterocycles. The quantitative estimate of drug-likeness (QED) is 0.128. The van der Waals surface area contributed by atoms with Crippen molar-refractivity contribution in [3.63, 3.8) is 0 Å². The summed E-state index contributed by atoms with van der Waals surface area (Å²) in [4.78, 5) is 24.8. The topological polar surface area (TPSA) is 154 Å². The summed E-state index contributed by atoms with van der Waals surface area (Å²) in [7, 11) is 1.90. The van der Waals surface area contributed by atoms with Gasteiger partial charge in [0.2, 0.25) is 11.8 Å². The lowest BCUT2D eigenvalue weighted by molar-refractivity contribution is -0.245. The van der Waals surface area contributed by atoms with Gasteiger partial charge in [0.25, 0.3) is 0 Å². The van der Waals surface area contributed by atoms with Crippen molar-refractivity contribution >= 4 is 40.6 Å². The van der Waals surface area contributed by atoms with Crippen molar-refractivity contribution in [2.45, 2.75) is 55.9 Å². The number of rotatable bonds is 12. The number of nitrogens with two attached hydrogens (primary N) is 1. The number of carbonyl (C=O) groups excluding carboxylic acids is 2. The van der Waals surface area contributed by atoms with Crippen molar-refractivity contribution in [2.24, 2.45) is 7.05 Å². The molecular formula is C32H36N6O5S. The molecule has 1 aliphatic rings. The third-order valence-electron chi connectivity index (χ3n) is 7.19. The molecule has 5 N–H and O–H groups in total. The van der Waals surface area contributed by atoms with Gasteiger partial charge in [-0.05, 0) is 41.8 Å². The second kappa shape index (κ2) is 15.0. The van der Waals surface area contributed by atoms with E-state index in [2.05, 4.69) is 20.8 Å². The van der Waals surface area contributed by atoms with Gasteiger partial charge in [-0.25, -0.2) is 0 Å². The number of nitrogens with one attached hydrogen (secondary N) is 2. The minimum Gasteiger partial charge on any atom is -0.397 e. The molecule has 230 valence electrons. The van der Waals surface area contributed by atoms with Crippen LogP contribution in [0.15, 0.2) is 84.3 Å². The number of carbonyl (C=O) groups is 2. The Balaban J connectivity index is 1.16. The lowest BCUT2D eigenvalue weighted by atomic mass is 10.0. The molecule has 1 aromatic heterocycles. The highest BCUT2D eigenvalue weighted by Crippen LogP contribution is 2.39. The van der Waals surface area contributed by atoms with Gasteiger partial charge in [0.15, 0.2) is 11.4 Å². The van der Waals surface area contributed by atoms with E-state index in [0.29, 0.717) is 35.7 Å². The summed E-state index contributed by atoms with van der Waals surface area (Å²) in [6, 6.07) is 22.2. The number of nitrogens with zero attached hydrogens (tertiary/aromatic N) is 3. The molecule has 2 amide bonds. The number of benzene rings is 3. The molecule has 44 heavy (non-hydrogen) atoms. The number of hydrogen-bond donors (Lipinski definition) is 4. The average molecular weight is 617 g/mol. The van der Waals surface area contributed by atoms with Crippen molar-refractivity contribution in [1.29, 1.82) is 0 Å². The molecule has 0 saturated carbocycles. The maximum Gasteiger partial charge on any atom is 0.224 e. The summed E-state index contributed by atoms with van der Waals surface area (Å²) in [6.07, 6.45) is 2.20. The van der Waals surface area contributed by atoms with Crippen LogP contribution in [0.3, 0.4) is 0 Å².